The van der Waals surface area contributed by atoms with Crippen LogP contribution in [0.4, 0.5) is 4.39 Å². The third-order valence-corrected chi connectivity index (χ3v) is 6.41. The van der Waals surface area contributed by atoms with Crippen molar-refractivity contribution in [1.82, 2.24) is 9.80 Å². The smallest absolute Gasteiger partial charge is 0.263 e. The topological polar surface area (TPSA) is 63.0 Å². The van der Waals surface area contributed by atoms with Crippen molar-refractivity contribution in [3.63, 3.8) is 0 Å². The lowest BCUT2D eigenvalue weighted by molar-refractivity contribution is -0.138. The van der Waals surface area contributed by atoms with Crippen LogP contribution >= 0.6 is 0 Å². The van der Waals surface area contributed by atoms with Gasteiger partial charge in [0.1, 0.15) is 17.3 Å². The fourth-order valence-electron chi connectivity index (χ4n) is 4.61. The number of carbonyl (C=O) groups is 2. The van der Waals surface area contributed by atoms with Crippen LogP contribution in [0.2, 0.25) is 0 Å². The van der Waals surface area contributed by atoms with Crippen molar-refractivity contribution in [2.75, 3.05) is 13.6 Å². The van der Waals surface area contributed by atoms with Crippen LogP contribution in [0.1, 0.15) is 55.2 Å². The predicted molar refractivity (Wildman–Crippen MR) is 130 cm³/mol. The summed E-state index contributed by atoms with van der Waals surface area (Å²) in [5, 5.41) is 0. The summed E-state index contributed by atoms with van der Waals surface area (Å²) in [7, 11) is 1.72. The van der Waals surface area contributed by atoms with E-state index in [2.05, 4.69) is 0 Å². The molecule has 184 valence electrons. The second-order valence-corrected chi connectivity index (χ2v) is 8.80. The Morgan fingerprint density at radius 3 is 2.69 bits per heavy atom. The maximum atomic E-state index is 14.1. The van der Waals surface area contributed by atoms with Gasteiger partial charge in [0, 0.05) is 20.0 Å². The van der Waals surface area contributed by atoms with Gasteiger partial charge >= 0.3 is 0 Å². The summed E-state index contributed by atoms with van der Waals surface area (Å²) < 4.78 is 25.6. The van der Waals surface area contributed by atoms with Crippen molar-refractivity contribution < 1.29 is 23.1 Å². The highest BCUT2D eigenvalue weighted by atomic mass is 19.1. The molecule has 0 radical (unpaired) electrons. The zero-order valence-electron chi connectivity index (χ0n) is 20.4. The minimum atomic E-state index is -0.669. The number of likely N-dealkylation sites (N-methyl/N-ethyl adjacent to an activating group) is 1. The highest BCUT2D eigenvalue weighted by molar-refractivity contribution is 5.81. The highest BCUT2D eigenvalue weighted by Gasteiger charge is 2.32. The molecule has 0 fully saturated rings. The average molecular weight is 479 g/mol. The van der Waals surface area contributed by atoms with Gasteiger partial charge in [-0.05, 0) is 65.9 Å². The third-order valence-electron chi connectivity index (χ3n) is 6.41. The first-order valence-corrected chi connectivity index (χ1v) is 12.0. The van der Waals surface area contributed by atoms with E-state index < -0.39 is 12.1 Å². The van der Waals surface area contributed by atoms with E-state index in [9.17, 15) is 14.0 Å². The van der Waals surface area contributed by atoms with Crippen LogP contribution in [-0.2, 0) is 22.6 Å². The van der Waals surface area contributed by atoms with Gasteiger partial charge in [-0.1, -0.05) is 32.0 Å². The van der Waals surface area contributed by atoms with Gasteiger partial charge in [-0.25, -0.2) is 4.39 Å². The van der Waals surface area contributed by atoms with Gasteiger partial charge in [-0.3, -0.25) is 9.59 Å². The molecular formula is C28H31FN2O4. The molecular weight excluding hydrogens is 447 g/mol. The summed E-state index contributed by atoms with van der Waals surface area (Å²) in [6.07, 6.45) is 2.47. The molecule has 6 nitrogen and oxygen atoms in total. The molecule has 0 saturated carbocycles. The zero-order valence-corrected chi connectivity index (χ0v) is 20.4. The van der Waals surface area contributed by atoms with Gasteiger partial charge in [0.2, 0.25) is 5.91 Å². The number of benzene rings is 2. The first-order chi connectivity index (χ1) is 16.9. The first-order valence-electron chi connectivity index (χ1n) is 12.0. The first kappa shape index (κ1) is 24.5. The van der Waals surface area contributed by atoms with Crippen LogP contribution in [0.25, 0.3) is 0 Å². The standard InChI is InChI=1S/C28H31FN2O4/c1-4-25(28(33)30(3)18-23-10-7-15-34-23)35-22-12-11-19-13-14-31(26(32)5-2)27(24(19)17-22)20-8-6-9-21(29)16-20/h6-12,15-17,25,27H,4-5,13-14,18H2,1-3H3/t25-,27+/m0/s1. The van der Waals surface area contributed by atoms with Crippen LogP contribution in [0.3, 0.4) is 0 Å². The number of hydrogen-bond donors (Lipinski definition) is 0. The number of fused-ring (bicyclic) bond motifs is 1. The van der Waals surface area contributed by atoms with Gasteiger partial charge in [0.25, 0.3) is 5.91 Å². The molecule has 3 aromatic rings. The molecule has 4 rings (SSSR count). The number of ether oxygens (including phenoxy) is 1. The number of hydrogen-bond acceptors (Lipinski definition) is 4. The van der Waals surface area contributed by atoms with E-state index in [-0.39, 0.29) is 17.6 Å². The number of amides is 2. The van der Waals surface area contributed by atoms with Crippen LogP contribution in [0.5, 0.6) is 5.75 Å². The molecule has 0 spiro atoms. The van der Waals surface area contributed by atoms with Crippen molar-refractivity contribution in [2.24, 2.45) is 0 Å². The van der Waals surface area contributed by atoms with Gasteiger partial charge in [0.15, 0.2) is 6.10 Å². The largest absolute Gasteiger partial charge is 0.481 e. The predicted octanol–water partition coefficient (Wildman–Crippen LogP) is 5.12. The number of nitrogens with zero attached hydrogens (tertiary/aromatic N) is 2. The van der Waals surface area contributed by atoms with Crippen LogP contribution in [-0.4, -0.2) is 41.3 Å². The summed E-state index contributed by atoms with van der Waals surface area (Å²) in [6.45, 7) is 4.65. The van der Waals surface area contributed by atoms with Crippen molar-refractivity contribution in [3.8, 4) is 5.75 Å². The van der Waals surface area contributed by atoms with Crippen molar-refractivity contribution in [1.29, 1.82) is 0 Å². The Bertz CT molecular complexity index is 1180. The molecule has 1 aliphatic heterocycles. The maximum Gasteiger partial charge on any atom is 0.263 e. The molecule has 0 unspecified atom stereocenters. The average Bonchev–Trinajstić information content (AvgIpc) is 3.38. The Hall–Kier alpha value is -3.61. The summed E-state index contributed by atoms with van der Waals surface area (Å²) in [6, 6.07) is 15.3. The van der Waals surface area contributed by atoms with E-state index in [1.165, 1.54) is 12.1 Å². The van der Waals surface area contributed by atoms with E-state index in [0.717, 1.165) is 11.1 Å². The van der Waals surface area contributed by atoms with Crippen molar-refractivity contribution in [2.45, 2.75) is 51.8 Å². The van der Waals surface area contributed by atoms with E-state index in [1.54, 1.807) is 35.2 Å². The molecule has 7 heteroatoms. The van der Waals surface area contributed by atoms with E-state index in [1.807, 2.05) is 44.2 Å². The lowest BCUT2D eigenvalue weighted by Crippen LogP contribution is -2.40. The van der Waals surface area contributed by atoms with E-state index >= 15 is 0 Å². The maximum absolute atomic E-state index is 14.1. The van der Waals surface area contributed by atoms with Gasteiger partial charge in [0.05, 0.1) is 18.8 Å². The van der Waals surface area contributed by atoms with E-state index in [0.29, 0.717) is 49.4 Å². The van der Waals surface area contributed by atoms with Crippen molar-refractivity contribution in [3.05, 3.63) is 89.1 Å². The van der Waals surface area contributed by atoms with Crippen LogP contribution < -0.4 is 4.74 Å². The number of furan rings is 1. The van der Waals surface area contributed by atoms with Crippen molar-refractivity contribution >= 4 is 11.8 Å². The molecule has 2 heterocycles. The van der Waals surface area contributed by atoms with Gasteiger partial charge in [-0.15, -0.1) is 0 Å². The normalized spacial score (nSPS) is 15.9. The van der Waals surface area contributed by atoms with Crippen LogP contribution in [0, 0.1) is 5.82 Å². The Morgan fingerprint density at radius 2 is 2.00 bits per heavy atom. The molecule has 0 N–H and O–H groups in total. The SMILES string of the molecule is CCC(=O)N1CCc2ccc(O[C@@H](CC)C(=O)N(C)Cc3ccco3)cc2[C@H]1c1cccc(F)c1. The molecule has 1 aliphatic rings. The molecule has 2 aromatic carbocycles. The fraction of sp³-hybridized carbons (Fsp3) is 0.357. The van der Waals surface area contributed by atoms with Gasteiger partial charge < -0.3 is 19.0 Å². The molecule has 0 saturated heterocycles. The monoisotopic (exact) mass is 478 g/mol. The Balaban J connectivity index is 1.62. The molecule has 0 bridgehead atoms. The second kappa shape index (κ2) is 10.8. The summed E-state index contributed by atoms with van der Waals surface area (Å²) >= 11 is 0. The molecule has 1 aromatic heterocycles. The van der Waals surface area contributed by atoms with Gasteiger partial charge in [-0.2, -0.15) is 0 Å². The lowest BCUT2D eigenvalue weighted by Gasteiger charge is -2.38. The van der Waals surface area contributed by atoms with E-state index in [4.69, 9.17) is 9.15 Å². The second-order valence-electron chi connectivity index (χ2n) is 8.80. The summed E-state index contributed by atoms with van der Waals surface area (Å²) in [4.78, 5) is 29.2. The Morgan fingerprint density at radius 1 is 1.17 bits per heavy atom. The molecule has 0 aliphatic carbocycles. The number of rotatable bonds is 8. The zero-order chi connectivity index (χ0) is 24.9. The minimum absolute atomic E-state index is 0.0115. The third kappa shape index (κ3) is 5.39. The minimum Gasteiger partial charge on any atom is -0.481 e. The fourth-order valence-corrected chi connectivity index (χ4v) is 4.61. The Kier molecular flexibility index (Phi) is 7.54. The Labute approximate surface area is 205 Å². The molecule has 2 atom stereocenters. The number of carbonyl (C=O) groups excluding carboxylic acids is 2. The molecule has 2 amide bonds. The highest BCUT2D eigenvalue weighted by Crippen LogP contribution is 2.38. The number of halogens is 1. The lowest BCUT2D eigenvalue weighted by atomic mass is 9.87. The quantitative estimate of drug-likeness (QED) is 0.451. The molecule has 35 heavy (non-hydrogen) atoms. The summed E-state index contributed by atoms with van der Waals surface area (Å²) in [5.74, 6) is 0.760. The summed E-state index contributed by atoms with van der Waals surface area (Å²) in [5.41, 5.74) is 2.69. The van der Waals surface area contributed by atoms with Crippen LogP contribution in [0.15, 0.2) is 65.3 Å².